The normalized spacial score (nSPS) is 16.8. The monoisotopic (exact) mass is 353 g/mol. The van der Waals surface area contributed by atoms with Gasteiger partial charge in [0.05, 0.1) is 5.69 Å². The Balaban J connectivity index is 1.31. The molecular weight excluding hydrogens is 330 g/mol. The van der Waals surface area contributed by atoms with Gasteiger partial charge < -0.3 is 10.3 Å². The van der Waals surface area contributed by atoms with Gasteiger partial charge in [0.1, 0.15) is 0 Å². The van der Waals surface area contributed by atoms with Crippen molar-refractivity contribution in [2.24, 2.45) is 5.92 Å². The molecule has 0 saturated heterocycles. The Morgan fingerprint density at radius 1 is 1.40 bits per heavy atom. The number of thiazole rings is 1. The van der Waals surface area contributed by atoms with Crippen LogP contribution < -0.4 is 5.32 Å². The lowest BCUT2D eigenvalue weighted by Gasteiger charge is -2.15. The van der Waals surface area contributed by atoms with Gasteiger partial charge in [-0.1, -0.05) is 25.1 Å². The molecule has 4 nitrogen and oxygen atoms in total. The van der Waals surface area contributed by atoms with Crippen molar-refractivity contribution in [1.82, 2.24) is 9.97 Å². The summed E-state index contributed by atoms with van der Waals surface area (Å²) in [5.74, 6) is 0.798. The van der Waals surface area contributed by atoms with Crippen LogP contribution in [0.4, 0.5) is 5.13 Å². The van der Waals surface area contributed by atoms with Gasteiger partial charge in [0.2, 0.25) is 5.91 Å². The average molecular weight is 353 g/mol. The number of carbonyl (C=O) groups excluding carboxylic acids is 1. The third kappa shape index (κ3) is 3.61. The molecule has 4 rings (SSSR count). The molecule has 5 heteroatoms. The Hall–Kier alpha value is -2.14. The molecular formula is C20H23N3OS. The van der Waals surface area contributed by atoms with Crippen molar-refractivity contribution in [1.29, 1.82) is 0 Å². The van der Waals surface area contributed by atoms with E-state index < -0.39 is 0 Å². The largest absolute Gasteiger partial charge is 0.361 e. The van der Waals surface area contributed by atoms with E-state index in [9.17, 15) is 4.79 Å². The topological polar surface area (TPSA) is 57.8 Å². The highest BCUT2D eigenvalue weighted by atomic mass is 32.1. The number of nitrogens with zero attached hydrogens (tertiary/aromatic N) is 1. The lowest BCUT2D eigenvalue weighted by Crippen LogP contribution is -2.11. The number of carbonyl (C=O) groups is 1. The van der Waals surface area contributed by atoms with Crippen LogP contribution in [0.1, 0.15) is 42.3 Å². The van der Waals surface area contributed by atoms with Gasteiger partial charge >= 0.3 is 0 Å². The molecule has 1 aliphatic carbocycles. The highest BCUT2D eigenvalue weighted by molar-refractivity contribution is 7.15. The molecule has 0 unspecified atom stereocenters. The Kier molecular flexibility index (Phi) is 4.57. The molecule has 1 atom stereocenters. The van der Waals surface area contributed by atoms with Crippen molar-refractivity contribution < 1.29 is 4.79 Å². The van der Waals surface area contributed by atoms with E-state index in [1.54, 1.807) is 11.3 Å². The minimum Gasteiger partial charge on any atom is -0.361 e. The number of hydrogen-bond acceptors (Lipinski definition) is 3. The summed E-state index contributed by atoms with van der Waals surface area (Å²) in [7, 11) is 0. The lowest BCUT2D eigenvalue weighted by molar-refractivity contribution is -0.116. The van der Waals surface area contributed by atoms with Crippen molar-refractivity contribution in [3.63, 3.8) is 0 Å². The molecule has 2 N–H and O–H groups in total. The van der Waals surface area contributed by atoms with Crippen LogP contribution in [-0.2, 0) is 24.1 Å². The Morgan fingerprint density at radius 2 is 2.28 bits per heavy atom. The minimum atomic E-state index is 0.0685. The van der Waals surface area contributed by atoms with E-state index in [0.717, 1.165) is 42.2 Å². The van der Waals surface area contributed by atoms with Gasteiger partial charge in [-0.3, -0.25) is 4.79 Å². The second-order valence-corrected chi connectivity index (χ2v) is 8.08. The molecule has 1 aliphatic rings. The maximum Gasteiger partial charge on any atom is 0.226 e. The van der Waals surface area contributed by atoms with Gasteiger partial charge in [-0.05, 0) is 49.7 Å². The molecule has 1 amide bonds. The van der Waals surface area contributed by atoms with Gasteiger partial charge in [-0.25, -0.2) is 4.98 Å². The van der Waals surface area contributed by atoms with Crippen LogP contribution in [0.15, 0.2) is 30.5 Å². The van der Waals surface area contributed by atoms with Crippen molar-refractivity contribution in [3.8, 4) is 0 Å². The zero-order chi connectivity index (χ0) is 17.2. The van der Waals surface area contributed by atoms with Crippen LogP contribution in [0, 0.1) is 5.92 Å². The molecule has 0 spiro atoms. The molecule has 0 bridgehead atoms. The number of rotatable bonds is 5. The number of amides is 1. The predicted molar refractivity (Wildman–Crippen MR) is 103 cm³/mol. The Labute approximate surface area is 151 Å². The first-order valence-electron chi connectivity index (χ1n) is 9.02. The fraction of sp³-hybridized carbons (Fsp3) is 0.400. The highest BCUT2D eigenvalue weighted by Gasteiger charge is 2.20. The van der Waals surface area contributed by atoms with Crippen LogP contribution in [-0.4, -0.2) is 15.9 Å². The molecule has 1 aromatic carbocycles. The van der Waals surface area contributed by atoms with Crippen LogP contribution in [0.5, 0.6) is 0 Å². The molecule has 2 heterocycles. The third-order valence-corrected chi connectivity index (χ3v) is 5.99. The predicted octanol–water partition coefficient (Wildman–Crippen LogP) is 4.71. The van der Waals surface area contributed by atoms with Gasteiger partial charge in [-0.2, -0.15) is 0 Å². The molecule has 25 heavy (non-hydrogen) atoms. The maximum absolute atomic E-state index is 12.2. The third-order valence-electron chi connectivity index (χ3n) is 4.96. The summed E-state index contributed by atoms with van der Waals surface area (Å²) in [5, 5.41) is 5.02. The number of H-pyrrole nitrogens is 1. The van der Waals surface area contributed by atoms with E-state index in [-0.39, 0.29) is 5.91 Å². The Morgan fingerprint density at radius 3 is 3.20 bits per heavy atom. The number of aromatic amines is 1. The zero-order valence-electron chi connectivity index (χ0n) is 14.5. The Bertz CT molecular complexity index is 895. The average Bonchev–Trinajstić information content (AvgIpc) is 3.18. The summed E-state index contributed by atoms with van der Waals surface area (Å²) in [5.41, 5.74) is 3.63. The molecule has 0 aliphatic heterocycles. The number of hydrogen-bond donors (Lipinski definition) is 2. The fourth-order valence-electron chi connectivity index (χ4n) is 3.55. The minimum absolute atomic E-state index is 0.0685. The first-order chi connectivity index (χ1) is 12.2. The van der Waals surface area contributed by atoms with Gasteiger partial charge in [-0.15, -0.1) is 11.3 Å². The maximum atomic E-state index is 12.2. The van der Waals surface area contributed by atoms with Crippen LogP contribution in [0.3, 0.4) is 0 Å². The standard InChI is InChI=1S/C20H23N3OS/c1-13-9-10-17-18(11-13)25-20(22-17)23-19(24)8-4-5-14-12-21-16-7-3-2-6-15(14)16/h2-3,6-7,12-13,21H,4-5,8-11H2,1H3,(H,22,23,24)/t13-/m1/s1. The van der Waals surface area contributed by atoms with Crippen LogP contribution in [0.2, 0.25) is 0 Å². The van der Waals surface area contributed by atoms with E-state index >= 15 is 0 Å². The quantitative estimate of drug-likeness (QED) is 0.698. The number of aryl methyl sites for hydroxylation is 2. The van der Waals surface area contributed by atoms with Gasteiger partial charge in [0.25, 0.3) is 0 Å². The molecule has 3 aromatic rings. The van der Waals surface area contributed by atoms with Crippen molar-refractivity contribution in [3.05, 3.63) is 46.6 Å². The highest BCUT2D eigenvalue weighted by Crippen LogP contribution is 2.32. The molecule has 2 aromatic heterocycles. The van der Waals surface area contributed by atoms with E-state index in [4.69, 9.17) is 0 Å². The molecule has 0 fully saturated rings. The number of aromatic nitrogens is 2. The molecule has 130 valence electrons. The number of benzene rings is 1. The molecule has 0 saturated carbocycles. The first-order valence-corrected chi connectivity index (χ1v) is 9.84. The summed E-state index contributed by atoms with van der Waals surface area (Å²) >= 11 is 1.65. The number of fused-ring (bicyclic) bond motifs is 2. The fourth-order valence-corrected chi connectivity index (χ4v) is 4.74. The van der Waals surface area contributed by atoms with Crippen LogP contribution >= 0.6 is 11.3 Å². The van der Waals surface area contributed by atoms with Gasteiger partial charge in [0.15, 0.2) is 5.13 Å². The summed E-state index contributed by atoms with van der Waals surface area (Å²) in [6, 6.07) is 8.29. The number of nitrogens with one attached hydrogen (secondary N) is 2. The summed E-state index contributed by atoms with van der Waals surface area (Å²) in [6.45, 7) is 2.28. The lowest BCUT2D eigenvalue weighted by atomic mass is 9.93. The number of anilines is 1. The number of para-hydroxylation sites is 1. The van der Waals surface area contributed by atoms with E-state index in [1.165, 1.54) is 27.9 Å². The molecule has 0 radical (unpaired) electrons. The van der Waals surface area contributed by atoms with Crippen molar-refractivity contribution >= 4 is 33.3 Å². The summed E-state index contributed by atoms with van der Waals surface area (Å²) < 4.78 is 0. The van der Waals surface area contributed by atoms with Gasteiger partial charge in [0, 0.05) is 28.4 Å². The second-order valence-electron chi connectivity index (χ2n) is 7.00. The zero-order valence-corrected chi connectivity index (χ0v) is 15.3. The second kappa shape index (κ2) is 7.00. The van der Waals surface area contributed by atoms with Crippen molar-refractivity contribution in [2.45, 2.75) is 45.4 Å². The smallest absolute Gasteiger partial charge is 0.226 e. The SMILES string of the molecule is C[C@@H]1CCc2nc(NC(=O)CCCc3c[nH]c4ccccc34)sc2C1. The van der Waals surface area contributed by atoms with E-state index in [0.29, 0.717) is 6.42 Å². The summed E-state index contributed by atoms with van der Waals surface area (Å²) in [4.78, 5) is 21.5. The van der Waals surface area contributed by atoms with E-state index in [2.05, 4.69) is 46.6 Å². The van der Waals surface area contributed by atoms with Crippen molar-refractivity contribution in [2.75, 3.05) is 5.32 Å². The van der Waals surface area contributed by atoms with Crippen LogP contribution in [0.25, 0.3) is 10.9 Å². The first kappa shape index (κ1) is 16.3. The summed E-state index contributed by atoms with van der Waals surface area (Å²) in [6.07, 6.45) is 7.68. The van der Waals surface area contributed by atoms with E-state index in [1.807, 2.05) is 6.07 Å².